The van der Waals surface area contributed by atoms with Gasteiger partial charge in [0.15, 0.2) is 0 Å². The number of hydrogen-bond donors (Lipinski definition) is 0. The number of halogens is 3. The molecule has 2 nitrogen and oxygen atoms in total. The van der Waals surface area contributed by atoms with Crippen LogP contribution in [0.5, 0.6) is 0 Å². The molecule has 0 amide bonds. The van der Waals surface area contributed by atoms with Gasteiger partial charge >= 0.3 is 6.18 Å². The molecule has 0 unspecified atom stereocenters. The maximum absolute atomic E-state index is 13.5. The number of pyridine rings is 2. The maximum Gasteiger partial charge on any atom is 0.416 e. The van der Waals surface area contributed by atoms with Crippen LogP contribution in [0.15, 0.2) is 109 Å². The van der Waals surface area contributed by atoms with E-state index in [9.17, 15) is 13.2 Å². The molecule has 0 aliphatic heterocycles. The van der Waals surface area contributed by atoms with Crippen LogP contribution in [0.3, 0.4) is 0 Å². The molecule has 0 radical (unpaired) electrons. The molecule has 2 aromatic heterocycles. The van der Waals surface area contributed by atoms with E-state index in [0.717, 1.165) is 49.6 Å². The lowest BCUT2D eigenvalue weighted by atomic mass is 9.95. The van der Waals surface area contributed by atoms with Gasteiger partial charge in [-0.1, -0.05) is 67.6 Å². The summed E-state index contributed by atoms with van der Waals surface area (Å²) in [5, 5.41) is 3.04. The fourth-order valence-electron chi connectivity index (χ4n) is 4.87. The zero-order valence-electron chi connectivity index (χ0n) is 20.6. The van der Waals surface area contributed by atoms with Gasteiger partial charge in [-0.05, 0) is 75.8 Å². The van der Waals surface area contributed by atoms with Crippen molar-refractivity contribution < 1.29 is 13.2 Å². The van der Waals surface area contributed by atoms with Gasteiger partial charge in [0.2, 0.25) is 0 Å². The van der Waals surface area contributed by atoms with Gasteiger partial charge in [-0.15, -0.1) is 0 Å². The standard InChI is InChI=1S/C33H23F3N2/c1-2-21-15-27(19-29(16-21)33(34,35)36)25-11-9-22-8-10-24(17-28(22)18-25)26-12-13-31(38-20-26)30-7-3-5-23-6-4-14-37-32(23)30/h3-20H,2H2,1H3. The van der Waals surface area contributed by atoms with Crippen molar-refractivity contribution >= 4 is 21.7 Å². The molecule has 2 heterocycles. The fourth-order valence-corrected chi connectivity index (χ4v) is 4.87. The quantitative estimate of drug-likeness (QED) is 0.239. The molecular weight excluding hydrogens is 481 g/mol. The zero-order valence-corrected chi connectivity index (χ0v) is 20.6. The Morgan fingerprint density at radius 1 is 0.632 bits per heavy atom. The van der Waals surface area contributed by atoms with E-state index in [2.05, 4.69) is 11.1 Å². The average molecular weight is 505 g/mol. The molecule has 4 aromatic carbocycles. The molecule has 6 rings (SSSR count). The van der Waals surface area contributed by atoms with Crippen molar-refractivity contribution in [3.63, 3.8) is 0 Å². The predicted molar refractivity (Wildman–Crippen MR) is 148 cm³/mol. The molecule has 0 spiro atoms. The fraction of sp³-hybridized carbons (Fsp3) is 0.0909. The molecular formula is C33H23F3N2. The molecule has 186 valence electrons. The molecule has 0 N–H and O–H groups in total. The number of rotatable bonds is 4. The predicted octanol–water partition coefficient (Wildman–Crippen LogP) is 9.37. The van der Waals surface area contributed by atoms with Crippen LogP contribution in [0.25, 0.3) is 55.2 Å². The second-order valence-electron chi connectivity index (χ2n) is 9.36. The van der Waals surface area contributed by atoms with Crippen LogP contribution >= 0.6 is 0 Å². The summed E-state index contributed by atoms with van der Waals surface area (Å²) in [7, 11) is 0. The van der Waals surface area contributed by atoms with Crippen molar-refractivity contribution in [1.29, 1.82) is 0 Å². The lowest BCUT2D eigenvalue weighted by molar-refractivity contribution is -0.137. The van der Waals surface area contributed by atoms with Crippen LogP contribution in [0, 0.1) is 0 Å². The Kier molecular flexibility index (Phi) is 5.91. The highest BCUT2D eigenvalue weighted by Gasteiger charge is 2.31. The van der Waals surface area contributed by atoms with Crippen LogP contribution < -0.4 is 0 Å². The van der Waals surface area contributed by atoms with Crippen molar-refractivity contribution in [2.75, 3.05) is 0 Å². The first-order valence-electron chi connectivity index (χ1n) is 12.4. The Balaban J connectivity index is 1.37. The summed E-state index contributed by atoms with van der Waals surface area (Å²) in [5.41, 5.74) is 6.05. The highest BCUT2D eigenvalue weighted by Crippen LogP contribution is 2.35. The topological polar surface area (TPSA) is 25.8 Å². The first-order chi connectivity index (χ1) is 18.4. The molecule has 0 saturated carbocycles. The van der Waals surface area contributed by atoms with Crippen molar-refractivity contribution in [1.82, 2.24) is 9.97 Å². The highest BCUT2D eigenvalue weighted by atomic mass is 19.4. The lowest BCUT2D eigenvalue weighted by Gasteiger charge is -2.13. The van der Waals surface area contributed by atoms with Crippen molar-refractivity contribution in [3.8, 4) is 33.5 Å². The number of para-hydroxylation sites is 1. The minimum atomic E-state index is -4.38. The van der Waals surface area contributed by atoms with E-state index in [0.29, 0.717) is 17.5 Å². The number of benzene rings is 4. The molecule has 0 atom stereocenters. The second kappa shape index (κ2) is 9.42. The van der Waals surface area contributed by atoms with Gasteiger partial charge in [0, 0.05) is 28.9 Å². The lowest BCUT2D eigenvalue weighted by Crippen LogP contribution is -2.06. The summed E-state index contributed by atoms with van der Waals surface area (Å²) < 4.78 is 40.5. The first-order valence-corrected chi connectivity index (χ1v) is 12.4. The average Bonchev–Trinajstić information content (AvgIpc) is 2.95. The third-order valence-corrected chi connectivity index (χ3v) is 6.91. The zero-order chi connectivity index (χ0) is 26.3. The van der Waals surface area contributed by atoms with E-state index < -0.39 is 11.7 Å². The molecule has 38 heavy (non-hydrogen) atoms. The molecule has 0 fully saturated rings. The van der Waals surface area contributed by atoms with E-state index in [4.69, 9.17) is 4.98 Å². The number of fused-ring (bicyclic) bond motifs is 2. The van der Waals surface area contributed by atoms with Crippen LogP contribution in [0.4, 0.5) is 13.2 Å². The van der Waals surface area contributed by atoms with E-state index in [1.54, 1.807) is 6.20 Å². The monoisotopic (exact) mass is 504 g/mol. The summed E-state index contributed by atoms with van der Waals surface area (Å²) in [6, 6.07) is 30.3. The van der Waals surface area contributed by atoms with E-state index in [1.165, 1.54) is 12.1 Å². The summed E-state index contributed by atoms with van der Waals surface area (Å²) in [5.74, 6) is 0. The summed E-state index contributed by atoms with van der Waals surface area (Å²) >= 11 is 0. The third kappa shape index (κ3) is 4.52. The van der Waals surface area contributed by atoms with Crippen molar-refractivity contribution in [2.24, 2.45) is 0 Å². The molecule has 0 bridgehead atoms. The normalized spacial score (nSPS) is 11.8. The van der Waals surface area contributed by atoms with E-state index in [-0.39, 0.29) is 0 Å². The number of aromatic nitrogens is 2. The van der Waals surface area contributed by atoms with Crippen molar-refractivity contribution in [2.45, 2.75) is 19.5 Å². The first kappa shape index (κ1) is 23.9. The van der Waals surface area contributed by atoms with Gasteiger partial charge < -0.3 is 0 Å². The Bertz CT molecular complexity index is 1780. The summed E-state index contributed by atoms with van der Waals surface area (Å²) in [6.45, 7) is 1.86. The Labute approximate surface area is 218 Å². The smallest absolute Gasteiger partial charge is 0.256 e. The second-order valence-corrected chi connectivity index (χ2v) is 9.36. The summed E-state index contributed by atoms with van der Waals surface area (Å²) in [6.07, 6.45) is -0.216. The van der Waals surface area contributed by atoms with Crippen molar-refractivity contribution in [3.05, 3.63) is 121 Å². The minimum absolute atomic E-state index is 0.534. The van der Waals surface area contributed by atoms with Gasteiger partial charge in [-0.2, -0.15) is 13.2 Å². The molecule has 0 saturated heterocycles. The largest absolute Gasteiger partial charge is 0.416 e. The third-order valence-electron chi connectivity index (χ3n) is 6.91. The number of hydrogen-bond acceptors (Lipinski definition) is 2. The Morgan fingerprint density at radius 3 is 2.08 bits per heavy atom. The number of alkyl halides is 3. The van der Waals surface area contributed by atoms with Gasteiger partial charge in [0.1, 0.15) is 0 Å². The van der Waals surface area contributed by atoms with Gasteiger partial charge in [-0.25, -0.2) is 0 Å². The molecule has 0 aliphatic rings. The SMILES string of the molecule is CCc1cc(-c2ccc3ccc(-c4ccc(-c5cccc6cccnc56)nc4)cc3c2)cc(C(F)(F)F)c1. The minimum Gasteiger partial charge on any atom is -0.256 e. The van der Waals surface area contributed by atoms with E-state index in [1.807, 2.05) is 92.0 Å². The van der Waals surface area contributed by atoms with Crippen LogP contribution in [0.1, 0.15) is 18.1 Å². The molecule has 5 heteroatoms. The molecule has 0 aliphatic carbocycles. The van der Waals surface area contributed by atoms with Crippen LogP contribution in [0.2, 0.25) is 0 Å². The van der Waals surface area contributed by atoms with Gasteiger partial charge in [0.05, 0.1) is 16.8 Å². The molecule has 6 aromatic rings. The van der Waals surface area contributed by atoms with E-state index >= 15 is 0 Å². The number of nitrogens with zero attached hydrogens (tertiary/aromatic N) is 2. The Morgan fingerprint density at radius 2 is 1.37 bits per heavy atom. The Hall–Kier alpha value is -4.51. The van der Waals surface area contributed by atoms with Gasteiger partial charge in [0.25, 0.3) is 0 Å². The van der Waals surface area contributed by atoms with Crippen LogP contribution in [-0.4, -0.2) is 9.97 Å². The highest BCUT2D eigenvalue weighted by molar-refractivity contribution is 5.93. The van der Waals surface area contributed by atoms with Crippen LogP contribution in [-0.2, 0) is 12.6 Å². The van der Waals surface area contributed by atoms with Gasteiger partial charge in [-0.3, -0.25) is 9.97 Å². The number of aryl methyl sites for hydroxylation is 1. The summed E-state index contributed by atoms with van der Waals surface area (Å²) in [4.78, 5) is 9.26. The maximum atomic E-state index is 13.5.